The zero-order valence-corrected chi connectivity index (χ0v) is 15.6. The summed E-state index contributed by atoms with van der Waals surface area (Å²) in [6, 6.07) is 10.0. The number of rotatable bonds is 3. The number of piperidine rings is 1. The standard InChI is InChI=1S/C16H22N6.HI/c1-13-7-9-21(10-8-13)16(17)18-11-15-20-19-12-22(15)14-5-3-2-4-6-14;/h2-6,12-13H,7-11H2,1H3,(H2,17,18);1H. The van der Waals surface area contributed by atoms with Gasteiger partial charge in [-0.3, -0.25) is 4.57 Å². The van der Waals surface area contributed by atoms with Crippen LogP contribution in [0.4, 0.5) is 0 Å². The van der Waals surface area contributed by atoms with Gasteiger partial charge in [0.1, 0.15) is 12.9 Å². The molecule has 0 radical (unpaired) electrons. The van der Waals surface area contributed by atoms with Crippen LogP contribution < -0.4 is 5.73 Å². The van der Waals surface area contributed by atoms with E-state index in [2.05, 4.69) is 27.0 Å². The molecule has 23 heavy (non-hydrogen) atoms. The molecule has 2 aromatic rings. The highest BCUT2D eigenvalue weighted by Gasteiger charge is 2.17. The Bertz CT molecular complexity index is 631. The number of aromatic nitrogens is 3. The molecule has 1 aromatic heterocycles. The number of halogens is 1. The zero-order valence-electron chi connectivity index (χ0n) is 13.3. The number of benzene rings is 1. The minimum Gasteiger partial charge on any atom is -0.370 e. The SMILES string of the molecule is CC1CCN(C(N)=NCc2nncn2-c2ccccc2)CC1.I. The fraction of sp³-hybridized carbons (Fsp3) is 0.438. The van der Waals surface area contributed by atoms with Gasteiger partial charge in [0.05, 0.1) is 0 Å². The van der Waals surface area contributed by atoms with Gasteiger partial charge in [0.2, 0.25) is 0 Å². The number of nitrogens with two attached hydrogens (primary N) is 1. The summed E-state index contributed by atoms with van der Waals surface area (Å²) >= 11 is 0. The Balaban J connectivity index is 0.00000192. The smallest absolute Gasteiger partial charge is 0.191 e. The van der Waals surface area contributed by atoms with E-state index in [9.17, 15) is 0 Å². The van der Waals surface area contributed by atoms with E-state index < -0.39 is 0 Å². The van der Waals surface area contributed by atoms with Gasteiger partial charge in [-0.1, -0.05) is 25.1 Å². The molecule has 7 heteroatoms. The van der Waals surface area contributed by atoms with Gasteiger partial charge in [0.25, 0.3) is 0 Å². The number of para-hydroxylation sites is 1. The monoisotopic (exact) mass is 426 g/mol. The molecule has 0 bridgehead atoms. The second kappa shape index (κ2) is 8.28. The molecule has 124 valence electrons. The quantitative estimate of drug-likeness (QED) is 0.465. The van der Waals surface area contributed by atoms with Crippen molar-refractivity contribution in [1.82, 2.24) is 19.7 Å². The van der Waals surface area contributed by atoms with E-state index in [4.69, 9.17) is 5.73 Å². The van der Waals surface area contributed by atoms with Crippen LogP contribution in [0, 0.1) is 5.92 Å². The molecule has 3 rings (SSSR count). The molecule has 2 N–H and O–H groups in total. The molecular formula is C16H23IN6. The van der Waals surface area contributed by atoms with E-state index in [1.807, 2.05) is 34.9 Å². The third-order valence-electron chi connectivity index (χ3n) is 4.14. The molecule has 1 aromatic carbocycles. The molecule has 1 saturated heterocycles. The van der Waals surface area contributed by atoms with E-state index in [0.717, 1.165) is 30.5 Å². The molecule has 2 heterocycles. The summed E-state index contributed by atoms with van der Waals surface area (Å²) in [7, 11) is 0. The van der Waals surface area contributed by atoms with Crippen molar-refractivity contribution in [2.24, 2.45) is 16.6 Å². The third kappa shape index (κ3) is 4.43. The highest BCUT2D eigenvalue weighted by atomic mass is 127. The summed E-state index contributed by atoms with van der Waals surface area (Å²) in [4.78, 5) is 6.65. The van der Waals surface area contributed by atoms with Crippen LogP contribution in [0.25, 0.3) is 5.69 Å². The highest BCUT2D eigenvalue weighted by molar-refractivity contribution is 14.0. The van der Waals surface area contributed by atoms with E-state index in [-0.39, 0.29) is 24.0 Å². The van der Waals surface area contributed by atoms with Crippen molar-refractivity contribution in [3.8, 4) is 5.69 Å². The average molecular weight is 426 g/mol. The normalized spacial score (nSPS) is 16.2. The second-order valence-corrected chi connectivity index (χ2v) is 5.80. The topological polar surface area (TPSA) is 72.3 Å². The molecule has 6 nitrogen and oxygen atoms in total. The minimum atomic E-state index is 0. The third-order valence-corrected chi connectivity index (χ3v) is 4.14. The Kier molecular flexibility index (Phi) is 6.37. The van der Waals surface area contributed by atoms with Crippen LogP contribution in [-0.2, 0) is 6.54 Å². The number of hydrogen-bond acceptors (Lipinski definition) is 3. The minimum absolute atomic E-state index is 0. The first kappa shape index (κ1) is 17.7. The lowest BCUT2D eigenvalue weighted by Gasteiger charge is -2.30. The van der Waals surface area contributed by atoms with Crippen LogP contribution in [0.15, 0.2) is 41.7 Å². The van der Waals surface area contributed by atoms with E-state index in [1.165, 1.54) is 12.8 Å². The van der Waals surface area contributed by atoms with Gasteiger partial charge in [0.15, 0.2) is 11.8 Å². The summed E-state index contributed by atoms with van der Waals surface area (Å²) < 4.78 is 1.94. The number of guanidine groups is 1. The van der Waals surface area contributed by atoms with Crippen molar-refractivity contribution in [3.63, 3.8) is 0 Å². The summed E-state index contributed by atoms with van der Waals surface area (Å²) in [6.45, 7) is 4.70. The fourth-order valence-electron chi connectivity index (χ4n) is 2.66. The molecule has 0 saturated carbocycles. The zero-order chi connectivity index (χ0) is 15.4. The van der Waals surface area contributed by atoms with Crippen LogP contribution in [0.2, 0.25) is 0 Å². The van der Waals surface area contributed by atoms with Gasteiger partial charge in [-0.05, 0) is 30.9 Å². The van der Waals surface area contributed by atoms with Crippen LogP contribution >= 0.6 is 24.0 Å². The van der Waals surface area contributed by atoms with E-state index >= 15 is 0 Å². The first-order valence-electron chi connectivity index (χ1n) is 7.73. The Labute approximate surface area is 153 Å². The van der Waals surface area contributed by atoms with Gasteiger partial charge < -0.3 is 10.6 Å². The lowest BCUT2D eigenvalue weighted by molar-refractivity contribution is 0.277. The first-order chi connectivity index (χ1) is 10.7. The maximum absolute atomic E-state index is 6.12. The maximum atomic E-state index is 6.12. The van der Waals surface area contributed by atoms with Crippen molar-refractivity contribution in [1.29, 1.82) is 0 Å². The fourth-order valence-corrected chi connectivity index (χ4v) is 2.66. The highest BCUT2D eigenvalue weighted by Crippen LogP contribution is 2.16. The van der Waals surface area contributed by atoms with Gasteiger partial charge in [0, 0.05) is 18.8 Å². The number of likely N-dealkylation sites (tertiary alicyclic amines) is 1. The van der Waals surface area contributed by atoms with Crippen LogP contribution in [-0.4, -0.2) is 38.7 Å². The maximum Gasteiger partial charge on any atom is 0.191 e. The summed E-state index contributed by atoms with van der Waals surface area (Å²) in [6.07, 6.45) is 4.06. The van der Waals surface area contributed by atoms with Gasteiger partial charge in [-0.15, -0.1) is 34.2 Å². The average Bonchev–Trinajstić information content (AvgIpc) is 3.02. The number of hydrogen-bond donors (Lipinski definition) is 1. The van der Waals surface area contributed by atoms with Crippen LogP contribution in [0.1, 0.15) is 25.6 Å². The lowest BCUT2D eigenvalue weighted by Crippen LogP contribution is -2.42. The van der Waals surface area contributed by atoms with Crippen molar-refractivity contribution in [3.05, 3.63) is 42.5 Å². The predicted molar refractivity (Wildman–Crippen MR) is 102 cm³/mol. The Morgan fingerprint density at radius 3 is 2.65 bits per heavy atom. The summed E-state index contributed by atoms with van der Waals surface area (Å²) in [5.41, 5.74) is 7.15. The molecule has 0 spiro atoms. The second-order valence-electron chi connectivity index (χ2n) is 5.80. The van der Waals surface area contributed by atoms with E-state index in [0.29, 0.717) is 12.5 Å². The van der Waals surface area contributed by atoms with Gasteiger partial charge in [-0.2, -0.15) is 0 Å². The Morgan fingerprint density at radius 1 is 1.26 bits per heavy atom. The number of nitrogens with zero attached hydrogens (tertiary/aromatic N) is 5. The molecule has 0 aliphatic carbocycles. The molecule has 1 aliphatic rings. The van der Waals surface area contributed by atoms with Crippen LogP contribution in [0.5, 0.6) is 0 Å². The lowest BCUT2D eigenvalue weighted by atomic mass is 10.00. The number of aliphatic imine (C=N–C) groups is 1. The molecule has 0 amide bonds. The molecular weight excluding hydrogens is 403 g/mol. The Morgan fingerprint density at radius 2 is 1.96 bits per heavy atom. The summed E-state index contributed by atoms with van der Waals surface area (Å²) in [5, 5.41) is 8.14. The van der Waals surface area contributed by atoms with Crippen molar-refractivity contribution < 1.29 is 0 Å². The van der Waals surface area contributed by atoms with Crippen molar-refractivity contribution in [2.45, 2.75) is 26.3 Å². The summed E-state index contributed by atoms with van der Waals surface area (Å²) in [5.74, 6) is 2.18. The van der Waals surface area contributed by atoms with Crippen molar-refractivity contribution >= 4 is 29.9 Å². The molecule has 0 unspecified atom stereocenters. The van der Waals surface area contributed by atoms with Gasteiger partial charge >= 0.3 is 0 Å². The predicted octanol–water partition coefficient (Wildman–Crippen LogP) is 2.43. The largest absolute Gasteiger partial charge is 0.370 e. The molecule has 1 fully saturated rings. The van der Waals surface area contributed by atoms with Gasteiger partial charge in [-0.25, -0.2) is 4.99 Å². The molecule has 1 aliphatic heterocycles. The molecule has 0 atom stereocenters. The first-order valence-corrected chi connectivity index (χ1v) is 7.73. The van der Waals surface area contributed by atoms with Crippen molar-refractivity contribution in [2.75, 3.05) is 13.1 Å². The van der Waals surface area contributed by atoms with Crippen LogP contribution in [0.3, 0.4) is 0 Å². The van der Waals surface area contributed by atoms with E-state index in [1.54, 1.807) is 6.33 Å². The Hall–Kier alpha value is -1.64.